The van der Waals surface area contributed by atoms with Crippen molar-refractivity contribution in [3.8, 4) is 16.9 Å². The van der Waals surface area contributed by atoms with E-state index in [1.54, 1.807) is 0 Å². The molecule has 0 radical (unpaired) electrons. The molecular formula is C46H67NO14. The largest absolute Gasteiger partial charge is 0.491 e. The molecule has 0 heterocycles. The molecule has 1 aliphatic carbocycles. The number of ether oxygens (including phenoxy) is 13. The van der Waals surface area contributed by atoms with Gasteiger partial charge in [-0.05, 0) is 40.8 Å². The Labute approximate surface area is 361 Å². The van der Waals surface area contributed by atoms with E-state index in [1.165, 1.54) is 22.3 Å². The molecule has 0 unspecified atom stereocenters. The fourth-order valence-corrected chi connectivity index (χ4v) is 6.05. The number of benzene rings is 3. The molecule has 340 valence electrons. The minimum atomic E-state index is -0.416. The predicted octanol–water partition coefficient (Wildman–Crippen LogP) is 5.18. The van der Waals surface area contributed by atoms with Crippen molar-refractivity contribution in [2.24, 2.45) is 0 Å². The van der Waals surface area contributed by atoms with Crippen molar-refractivity contribution in [3.63, 3.8) is 0 Å². The molecule has 3 aromatic rings. The lowest BCUT2D eigenvalue weighted by molar-refractivity contribution is -0.0277. The maximum absolute atomic E-state index is 12.3. The van der Waals surface area contributed by atoms with Gasteiger partial charge in [-0.15, -0.1) is 0 Å². The fourth-order valence-electron chi connectivity index (χ4n) is 6.05. The SMILES string of the molecule is O=C(NCCCOCCOCCOCCOCCOCCOCCOCCOCCOCCOCCOCCOc1ccccc1)OCC1c2ccccc2-c2ccccc21. The van der Waals surface area contributed by atoms with Crippen molar-refractivity contribution in [1.82, 2.24) is 5.32 Å². The van der Waals surface area contributed by atoms with E-state index in [4.69, 9.17) is 61.6 Å². The summed E-state index contributed by atoms with van der Waals surface area (Å²) in [6.07, 6.45) is 0.266. The fraction of sp³-hybridized carbons (Fsp3) is 0.587. The lowest BCUT2D eigenvalue weighted by Gasteiger charge is -2.14. The van der Waals surface area contributed by atoms with Gasteiger partial charge in [-0.1, -0.05) is 66.7 Å². The molecule has 15 nitrogen and oxygen atoms in total. The first-order valence-corrected chi connectivity index (χ1v) is 21.4. The number of nitrogens with one attached hydrogen (secondary N) is 1. The zero-order valence-electron chi connectivity index (χ0n) is 35.7. The van der Waals surface area contributed by atoms with Gasteiger partial charge in [0.05, 0.1) is 139 Å². The Morgan fingerprint density at radius 1 is 0.393 bits per heavy atom. The molecule has 0 fully saturated rings. The van der Waals surface area contributed by atoms with Crippen LogP contribution in [0.25, 0.3) is 11.1 Å². The number of para-hydroxylation sites is 1. The van der Waals surface area contributed by atoms with Gasteiger partial charge in [0.1, 0.15) is 19.0 Å². The van der Waals surface area contributed by atoms with Crippen molar-refractivity contribution < 1.29 is 66.4 Å². The number of hydrogen-bond acceptors (Lipinski definition) is 14. The highest BCUT2D eigenvalue weighted by molar-refractivity contribution is 5.79. The summed E-state index contributed by atoms with van der Waals surface area (Å²) < 4.78 is 71.8. The average Bonchev–Trinajstić information content (AvgIpc) is 3.61. The molecule has 0 aromatic heterocycles. The average molecular weight is 858 g/mol. The van der Waals surface area contributed by atoms with E-state index in [9.17, 15) is 4.79 Å². The third-order valence-electron chi connectivity index (χ3n) is 9.04. The van der Waals surface area contributed by atoms with Gasteiger partial charge in [0, 0.05) is 19.1 Å². The summed E-state index contributed by atoms with van der Waals surface area (Å²) in [6, 6.07) is 26.2. The third kappa shape index (κ3) is 23.4. The first-order chi connectivity index (χ1) is 30.3. The van der Waals surface area contributed by atoms with Crippen LogP contribution < -0.4 is 10.1 Å². The Hall–Kier alpha value is -3.71. The molecule has 61 heavy (non-hydrogen) atoms. The lowest BCUT2D eigenvalue weighted by atomic mass is 9.98. The summed E-state index contributed by atoms with van der Waals surface area (Å²) in [7, 11) is 0. The predicted molar refractivity (Wildman–Crippen MR) is 229 cm³/mol. The minimum Gasteiger partial charge on any atom is -0.491 e. The molecule has 0 aliphatic heterocycles. The van der Waals surface area contributed by atoms with E-state index in [0.29, 0.717) is 172 Å². The lowest BCUT2D eigenvalue weighted by Crippen LogP contribution is -2.27. The zero-order chi connectivity index (χ0) is 42.5. The van der Waals surface area contributed by atoms with E-state index < -0.39 is 6.09 Å². The van der Waals surface area contributed by atoms with Crippen LogP contribution in [0.1, 0.15) is 23.5 Å². The summed E-state index contributed by atoms with van der Waals surface area (Å²) in [6.45, 7) is 12.2. The normalized spacial score (nSPS) is 12.1. The van der Waals surface area contributed by atoms with Crippen LogP contribution >= 0.6 is 0 Å². The van der Waals surface area contributed by atoms with Crippen molar-refractivity contribution in [1.29, 1.82) is 0 Å². The first kappa shape index (κ1) is 49.9. The van der Waals surface area contributed by atoms with Gasteiger partial charge in [0.15, 0.2) is 0 Å². The van der Waals surface area contributed by atoms with Gasteiger partial charge < -0.3 is 66.9 Å². The molecule has 0 atom stereocenters. The van der Waals surface area contributed by atoms with E-state index in [0.717, 1.165) is 5.75 Å². The summed E-state index contributed by atoms with van der Waals surface area (Å²) in [4.78, 5) is 12.3. The molecule has 15 heteroatoms. The van der Waals surface area contributed by atoms with Gasteiger partial charge in [-0.25, -0.2) is 4.79 Å². The van der Waals surface area contributed by atoms with Gasteiger partial charge in [0.2, 0.25) is 0 Å². The van der Waals surface area contributed by atoms with Crippen LogP contribution in [0.3, 0.4) is 0 Å². The van der Waals surface area contributed by atoms with Crippen LogP contribution in [0.5, 0.6) is 5.75 Å². The Balaban J connectivity index is 0.760. The van der Waals surface area contributed by atoms with Gasteiger partial charge in [-0.2, -0.15) is 0 Å². The second kappa shape index (κ2) is 34.8. The third-order valence-corrected chi connectivity index (χ3v) is 9.04. The summed E-state index contributed by atoms with van der Waals surface area (Å²) >= 11 is 0. The Morgan fingerprint density at radius 2 is 0.721 bits per heavy atom. The number of carbonyl (C=O) groups is 1. The Bertz CT molecular complexity index is 1460. The second-order valence-electron chi connectivity index (χ2n) is 13.5. The first-order valence-electron chi connectivity index (χ1n) is 21.4. The van der Waals surface area contributed by atoms with Crippen LogP contribution in [-0.2, 0) is 56.8 Å². The topological polar surface area (TPSA) is 149 Å². The quantitative estimate of drug-likeness (QED) is 0.0750. The van der Waals surface area contributed by atoms with Crippen LogP contribution in [0, 0.1) is 0 Å². The molecule has 0 bridgehead atoms. The number of rotatable bonds is 40. The number of alkyl carbamates (subject to hydrolysis) is 1. The number of amides is 1. The van der Waals surface area contributed by atoms with Gasteiger partial charge in [0.25, 0.3) is 0 Å². The summed E-state index contributed by atoms with van der Waals surface area (Å²) in [5.74, 6) is 0.887. The minimum absolute atomic E-state index is 0.0473. The summed E-state index contributed by atoms with van der Waals surface area (Å²) in [5.41, 5.74) is 4.80. The molecule has 3 aromatic carbocycles. The monoisotopic (exact) mass is 857 g/mol. The van der Waals surface area contributed by atoms with E-state index >= 15 is 0 Å². The second-order valence-corrected chi connectivity index (χ2v) is 13.5. The van der Waals surface area contributed by atoms with Crippen molar-refractivity contribution in [2.45, 2.75) is 12.3 Å². The van der Waals surface area contributed by atoms with Gasteiger partial charge in [-0.3, -0.25) is 0 Å². The molecule has 4 rings (SSSR count). The van der Waals surface area contributed by atoms with E-state index in [2.05, 4.69) is 29.6 Å². The summed E-state index contributed by atoms with van der Waals surface area (Å²) in [5, 5.41) is 2.81. The van der Waals surface area contributed by atoms with Crippen molar-refractivity contribution >= 4 is 6.09 Å². The highest BCUT2D eigenvalue weighted by Crippen LogP contribution is 2.44. The molecule has 1 amide bonds. The van der Waals surface area contributed by atoms with Crippen LogP contribution in [0.2, 0.25) is 0 Å². The smallest absolute Gasteiger partial charge is 0.407 e. The van der Waals surface area contributed by atoms with Crippen molar-refractivity contribution in [2.75, 3.05) is 165 Å². The molecule has 0 saturated carbocycles. The molecule has 1 aliphatic rings. The Kier molecular flexibility index (Phi) is 28.5. The number of hydrogen-bond donors (Lipinski definition) is 1. The van der Waals surface area contributed by atoms with Crippen LogP contribution in [0.4, 0.5) is 4.79 Å². The number of fused-ring (bicyclic) bond motifs is 3. The molecule has 0 spiro atoms. The molecule has 1 N–H and O–H groups in total. The van der Waals surface area contributed by atoms with Crippen LogP contribution in [0.15, 0.2) is 78.9 Å². The molecular weight excluding hydrogens is 790 g/mol. The highest BCUT2D eigenvalue weighted by Gasteiger charge is 2.29. The van der Waals surface area contributed by atoms with Crippen molar-refractivity contribution in [3.05, 3.63) is 90.0 Å². The maximum atomic E-state index is 12.3. The Morgan fingerprint density at radius 3 is 1.11 bits per heavy atom. The van der Waals surface area contributed by atoms with E-state index in [1.807, 2.05) is 54.6 Å². The van der Waals surface area contributed by atoms with Crippen LogP contribution in [-0.4, -0.2) is 171 Å². The molecule has 0 saturated heterocycles. The zero-order valence-corrected chi connectivity index (χ0v) is 35.7. The number of carbonyl (C=O) groups excluding carboxylic acids is 1. The highest BCUT2D eigenvalue weighted by atomic mass is 16.6. The van der Waals surface area contributed by atoms with Gasteiger partial charge >= 0.3 is 6.09 Å². The maximum Gasteiger partial charge on any atom is 0.407 e. The standard InChI is InChI=1S/C46H67NO14/c48-46(61-39-45-43-13-6-4-11-41(43)42-12-5-7-14-44(42)45)47-15-8-16-49-17-18-50-19-20-51-21-22-52-23-24-53-25-26-54-27-28-55-29-30-56-31-32-57-33-34-58-35-36-59-37-38-60-40-9-2-1-3-10-40/h1-7,9-14,45H,8,15-39H2,(H,47,48). The van der Waals surface area contributed by atoms with E-state index in [-0.39, 0.29) is 5.92 Å².